The predicted octanol–water partition coefficient (Wildman–Crippen LogP) is 3.63. The van der Waals surface area contributed by atoms with Crippen LogP contribution in [0.15, 0.2) is 48.5 Å². The Bertz CT molecular complexity index is 765. The van der Waals surface area contributed by atoms with E-state index >= 15 is 0 Å². The van der Waals surface area contributed by atoms with E-state index in [0.29, 0.717) is 5.11 Å². The van der Waals surface area contributed by atoms with Gasteiger partial charge in [-0.15, -0.1) is 0 Å². The third-order valence-electron chi connectivity index (χ3n) is 4.50. The van der Waals surface area contributed by atoms with Gasteiger partial charge in [-0.2, -0.15) is 0 Å². The molecule has 2 aromatic rings. The number of hydrogen-bond donors (Lipinski definition) is 1. The van der Waals surface area contributed by atoms with Gasteiger partial charge in [0.1, 0.15) is 0 Å². The lowest BCUT2D eigenvalue weighted by Crippen LogP contribution is -2.65. The Balaban J connectivity index is 1.83. The molecule has 4 nitrogen and oxygen atoms in total. The summed E-state index contributed by atoms with van der Waals surface area (Å²) in [6.45, 7) is 2.08. The summed E-state index contributed by atoms with van der Waals surface area (Å²) in [5, 5.41) is 4.13. The standard InChI is InChI=1S/C18H18N2O2S/c1-18-11-14(13-9-6-10-15(21-2)16(13)22-18)19-17(23)20(18)12-7-4-3-5-8-12/h3-10,14H,11H2,1-2H3,(H,19,23)/t14-,18+/m0/s1. The number of nitrogens with zero attached hydrogens (tertiary/aromatic N) is 1. The van der Waals surface area contributed by atoms with E-state index in [9.17, 15) is 0 Å². The maximum Gasteiger partial charge on any atom is 0.188 e. The lowest BCUT2D eigenvalue weighted by atomic mass is 9.90. The second kappa shape index (κ2) is 5.13. The summed E-state index contributed by atoms with van der Waals surface area (Å²) in [6.07, 6.45) is 0.808. The van der Waals surface area contributed by atoms with Crippen molar-refractivity contribution in [3.8, 4) is 11.5 Å². The topological polar surface area (TPSA) is 33.7 Å². The lowest BCUT2D eigenvalue weighted by molar-refractivity contribution is 0.0464. The monoisotopic (exact) mass is 326 g/mol. The van der Waals surface area contributed by atoms with Gasteiger partial charge in [-0.25, -0.2) is 0 Å². The van der Waals surface area contributed by atoms with Gasteiger partial charge < -0.3 is 14.8 Å². The number of para-hydroxylation sites is 2. The SMILES string of the molecule is COc1cccc2c1O[C@]1(C)C[C@@H]2NC(=S)N1c1ccccc1. The minimum absolute atomic E-state index is 0.131. The largest absolute Gasteiger partial charge is 0.493 e. The molecule has 0 aliphatic carbocycles. The summed E-state index contributed by atoms with van der Waals surface area (Å²) < 4.78 is 11.9. The zero-order valence-corrected chi connectivity index (χ0v) is 13.9. The van der Waals surface area contributed by atoms with Gasteiger partial charge in [0.2, 0.25) is 0 Å². The maximum atomic E-state index is 6.42. The molecule has 0 radical (unpaired) electrons. The zero-order chi connectivity index (χ0) is 16.0. The molecule has 2 heterocycles. The molecule has 1 N–H and O–H groups in total. The third-order valence-corrected chi connectivity index (χ3v) is 4.80. The minimum atomic E-state index is -0.546. The van der Waals surface area contributed by atoms with Crippen LogP contribution in [-0.4, -0.2) is 17.9 Å². The maximum absolute atomic E-state index is 6.42. The third kappa shape index (κ3) is 2.15. The van der Waals surface area contributed by atoms with Gasteiger partial charge in [-0.05, 0) is 37.3 Å². The van der Waals surface area contributed by atoms with Gasteiger partial charge >= 0.3 is 0 Å². The number of nitrogens with one attached hydrogen (secondary N) is 1. The number of benzene rings is 2. The molecule has 4 rings (SSSR count). The Labute approximate surface area is 141 Å². The second-order valence-corrected chi connectivity index (χ2v) is 6.42. The normalized spacial score (nSPS) is 25.2. The van der Waals surface area contributed by atoms with Crippen molar-refractivity contribution in [1.29, 1.82) is 0 Å². The average Bonchev–Trinajstić information content (AvgIpc) is 2.54. The van der Waals surface area contributed by atoms with Crippen LogP contribution in [0.2, 0.25) is 0 Å². The molecular weight excluding hydrogens is 308 g/mol. The fourth-order valence-electron chi connectivity index (χ4n) is 3.49. The molecule has 0 amide bonds. The minimum Gasteiger partial charge on any atom is -0.493 e. The van der Waals surface area contributed by atoms with Crippen molar-refractivity contribution in [2.24, 2.45) is 0 Å². The first kappa shape index (κ1) is 14.3. The van der Waals surface area contributed by atoms with Crippen LogP contribution < -0.4 is 19.7 Å². The van der Waals surface area contributed by atoms with Crippen LogP contribution in [0, 0.1) is 0 Å². The Hall–Kier alpha value is -2.27. The molecule has 2 aliphatic heterocycles. The van der Waals surface area contributed by atoms with Crippen molar-refractivity contribution in [1.82, 2.24) is 5.32 Å². The number of rotatable bonds is 2. The molecule has 5 heteroatoms. The number of fused-ring (bicyclic) bond motifs is 4. The van der Waals surface area contributed by atoms with Crippen molar-refractivity contribution in [2.45, 2.75) is 25.1 Å². The summed E-state index contributed by atoms with van der Waals surface area (Å²) in [5.74, 6) is 1.55. The van der Waals surface area contributed by atoms with Crippen LogP contribution in [-0.2, 0) is 0 Å². The number of anilines is 1. The van der Waals surface area contributed by atoms with Crippen LogP contribution in [0.5, 0.6) is 11.5 Å². The molecule has 0 spiro atoms. The fourth-order valence-corrected chi connectivity index (χ4v) is 3.93. The van der Waals surface area contributed by atoms with E-state index in [4.69, 9.17) is 21.7 Å². The van der Waals surface area contributed by atoms with Crippen LogP contribution in [0.1, 0.15) is 24.9 Å². The van der Waals surface area contributed by atoms with Gasteiger partial charge in [0.25, 0.3) is 0 Å². The molecule has 118 valence electrons. The number of thiocarbonyl (C=S) groups is 1. The van der Waals surface area contributed by atoms with Gasteiger partial charge in [0, 0.05) is 17.7 Å². The van der Waals surface area contributed by atoms with E-state index in [1.807, 2.05) is 47.4 Å². The van der Waals surface area contributed by atoms with E-state index in [1.165, 1.54) is 0 Å². The summed E-state index contributed by atoms with van der Waals surface area (Å²) in [5.41, 5.74) is 1.57. The highest BCUT2D eigenvalue weighted by Gasteiger charge is 2.49. The number of ether oxygens (including phenoxy) is 2. The van der Waals surface area contributed by atoms with Gasteiger partial charge in [0.15, 0.2) is 22.3 Å². The molecule has 2 bridgehead atoms. The van der Waals surface area contributed by atoms with Crippen molar-refractivity contribution in [3.05, 3.63) is 54.1 Å². The quantitative estimate of drug-likeness (QED) is 0.852. The smallest absolute Gasteiger partial charge is 0.188 e. The van der Waals surface area contributed by atoms with E-state index < -0.39 is 5.72 Å². The highest BCUT2D eigenvalue weighted by Crippen LogP contribution is 2.48. The summed E-state index contributed by atoms with van der Waals surface area (Å²) in [6, 6.07) is 16.2. The highest BCUT2D eigenvalue weighted by atomic mass is 32.1. The van der Waals surface area contributed by atoms with Crippen LogP contribution in [0.4, 0.5) is 5.69 Å². The Morgan fingerprint density at radius 2 is 2.00 bits per heavy atom. The second-order valence-electron chi connectivity index (χ2n) is 6.03. The van der Waals surface area contributed by atoms with Crippen LogP contribution >= 0.6 is 12.2 Å². The molecule has 2 aromatic carbocycles. The molecule has 23 heavy (non-hydrogen) atoms. The molecule has 2 atom stereocenters. The Morgan fingerprint density at radius 3 is 2.74 bits per heavy atom. The fraction of sp³-hybridized carbons (Fsp3) is 0.278. The zero-order valence-electron chi connectivity index (χ0n) is 13.1. The first-order valence-corrected chi connectivity index (χ1v) is 8.05. The number of hydrogen-bond acceptors (Lipinski definition) is 3. The number of methoxy groups -OCH3 is 1. The van der Waals surface area contributed by atoms with Gasteiger partial charge in [-0.3, -0.25) is 4.90 Å². The highest BCUT2D eigenvalue weighted by molar-refractivity contribution is 7.80. The summed E-state index contributed by atoms with van der Waals surface area (Å²) in [4.78, 5) is 2.05. The molecule has 1 saturated heterocycles. The average molecular weight is 326 g/mol. The molecule has 1 fully saturated rings. The van der Waals surface area contributed by atoms with Crippen molar-refractivity contribution < 1.29 is 9.47 Å². The van der Waals surface area contributed by atoms with E-state index in [0.717, 1.165) is 29.2 Å². The Kier molecular flexibility index (Phi) is 3.20. The molecule has 0 saturated carbocycles. The van der Waals surface area contributed by atoms with E-state index in [-0.39, 0.29) is 6.04 Å². The molecular formula is C18H18N2O2S. The first-order valence-electron chi connectivity index (χ1n) is 7.64. The van der Waals surface area contributed by atoms with E-state index in [2.05, 4.69) is 18.3 Å². The van der Waals surface area contributed by atoms with Crippen molar-refractivity contribution in [2.75, 3.05) is 12.0 Å². The van der Waals surface area contributed by atoms with Crippen molar-refractivity contribution in [3.63, 3.8) is 0 Å². The predicted molar refractivity (Wildman–Crippen MR) is 94.0 cm³/mol. The van der Waals surface area contributed by atoms with E-state index in [1.54, 1.807) is 7.11 Å². The molecule has 0 unspecified atom stereocenters. The molecule has 0 aromatic heterocycles. The lowest BCUT2D eigenvalue weighted by Gasteiger charge is -2.52. The van der Waals surface area contributed by atoms with Crippen molar-refractivity contribution >= 4 is 23.0 Å². The van der Waals surface area contributed by atoms with Crippen LogP contribution in [0.3, 0.4) is 0 Å². The van der Waals surface area contributed by atoms with Crippen LogP contribution in [0.25, 0.3) is 0 Å². The van der Waals surface area contributed by atoms with Gasteiger partial charge in [-0.1, -0.05) is 30.3 Å². The van der Waals surface area contributed by atoms with Gasteiger partial charge in [0.05, 0.1) is 13.2 Å². The summed E-state index contributed by atoms with van der Waals surface area (Å²) in [7, 11) is 1.67. The Morgan fingerprint density at radius 1 is 1.22 bits per heavy atom. The molecule has 2 aliphatic rings. The first-order chi connectivity index (χ1) is 11.1. The summed E-state index contributed by atoms with van der Waals surface area (Å²) >= 11 is 5.63.